The topological polar surface area (TPSA) is 91.5 Å². The number of ketones is 1. The van der Waals surface area contributed by atoms with E-state index in [0.29, 0.717) is 23.3 Å². The first-order valence-electron chi connectivity index (χ1n) is 9.49. The molecule has 0 aliphatic carbocycles. The first-order valence-corrected chi connectivity index (χ1v) is 9.49. The quantitative estimate of drug-likeness (QED) is 0.538. The van der Waals surface area contributed by atoms with Crippen LogP contribution in [0.3, 0.4) is 0 Å². The van der Waals surface area contributed by atoms with Crippen LogP contribution in [-0.2, 0) is 11.2 Å². The Bertz CT molecular complexity index is 1180. The number of halogens is 2. The van der Waals surface area contributed by atoms with E-state index in [9.17, 15) is 14.0 Å². The molecule has 0 atom stereocenters. The van der Waals surface area contributed by atoms with E-state index in [2.05, 4.69) is 16.3 Å². The number of carbonyl (C=O) groups is 2. The van der Waals surface area contributed by atoms with Crippen molar-refractivity contribution < 1.29 is 27.8 Å². The normalized spacial score (nSPS) is 10.7. The molecule has 1 amide bonds. The Morgan fingerprint density at radius 1 is 1.23 bits per heavy atom. The maximum atomic E-state index is 15.2. The molecule has 0 spiro atoms. The smallest absolute Gasteiger partial charge is 0.404 e. The molecule has 0 saturated carbocycles. The summed E-state index contributed by atoms with van der Waals surface area (Å²) < 4.78 is 40.2. The number of amides is 1. The second-order valence-corrected chi connectivity index (χ2v) is 6.52. The van der Waals surface area contributed by atoms with Crippen molar-refractivity contribution in [3.8, 4) is 5.88 Å². The zero-order valence-electron chi connectivity index (χ0n) is 16.8. The van der Waals surface area contributed by atoms with Crippen LogP contribution in [0.4, 0.5) is 13.6 Å². The van der Waals surface area contributed by atoms with Crippen LogP contribution in [0.2, 0.25) is 0 Å². The molecule has 0 unspecified atom stereocenters. The average Bonchev–Trinajstić information content (AvgIpc) is 2.73. The standard InChI is InChI=1S/C23H20F2N2O4/c1-3-14-13(9-11-31-23(26)29)12-18(24)19(20(14)25)21(28)16-6-5-7-17-15(16)8-10-27-22(17)30-4-2/h3,5-8,10,12H,1,4,9,11H2,2H3,(H2,26,29). The van der Waals surface area contributed by atoms with Gasteiger partial charge in [-0.05, 0) is 36.1 Å². The summed E-state index contributed by atoms with van der Waals surface area (Å²) in [6, 6.07) is 7.43. The van der Waals surface area contributed by atoms with Crippen molar-refractivity contribution in [2.24, 2.45) is 5.73 Å². The Morgan fingerprint density at radius 2 is 2.00 bits per heavy atom. The van der Waals surface area contributed by atoms with Gasteiger partial charge in [-0.3, -0.25) is 4.79 Å². The van der Waals surface area contributed by atoms with Crippen LogP contribution in [0, 0.1) is 11.6 Å². The minimum atomic E-state index is -1.04. The molecular weight excluding hydrogens is 406 g/mol. The van der Waals surface area contributed by atoms with Gasteiger partial charge in [0.2, 0.25) is 5.88 Å². The summed E-state index contributed by atoms with van der Waals surface area (Å²) in [6.45, 7) is 5.55. The molecule has 0 aliphatic rings. The lowest BCUT2D eigenvalue weighted by molar-refractivity contribution is 0.103. The Morgan fingerprint density at radius 3 is 2.68 bits per heavy atom. The van der Waals surface area contributed by atoms with Crippen molar-refractivity contribution in [2.45, 2.75) is 13.3 Å². The number of carbonyl (C=O) groups excluding carboxylic acids is 2. The molecule has 8 heteroatoms. The molecule has 0 bridgehead atoms. The molecule has 31 heavy (non-hydrogen) atoms. The fourth-order valence-electron chi connectivity index (χ4n) is 3.35. The number of aromatic nitrogens is 1. The van der Waals surface area contributed by atoms with Crippen LogP contribution in [0.1, 0.15) is 34.0 Å². The van der Waals surface area contributed by atoms with Crippen LogP contribution < -0.4 is 10.5 Å². The number of rotatable bonds is 8. The summed E-state index contributed by atoms with van der Waals surface area (Å²) >= 11 is 0. The molecule has 2 aromatic carbocycles. The van der Waals surface area contributed by atoms with Crippen LogP contribution in [0.15, 0.2) is 43.1 Å². The minimum absolute atomic E-state index is 0.00422. The van der Waals surface area contributed by atoms with Crippen LogP contribution in [0.5, 0.6) is 5.88 Å². The molecule has 0 aliphatic heterocycles. The van der Waals surface area contributed by atoms with Gasteiger partial charge in [0, 0.05) is 29.1 Å². The Hall–Kier alpha value is -3.81. The zero-order chi connectivity index (χ0) is 22.5. The average molecular weight is 426 g/mol. The first-order chi connectivity index (χ1) is 14.9. The summed E-state index contributed by atoms with van der Waals surface area (Å²) in [5.41, 5.74) is 4.47. The number of nitrogens with two attached hydrogens (primary N) is 1. The third-order valence-corrected chi connectivity index (χ3v) is 4.68. The first kappa shape index (κ1) is 21.9. The molecule has 0 radical (unpaired) electrons. The van der Waals surface area contributed by atoms with E-state index in [0.717, 1.165) is 6.07 Å². The molecule has 2 N–H and O–H groups in total. The second kappa shape index (κ2) is 9.34. The Kier molecular flexibility index (Phi) is 6.59. The number of ether oxygens (including phenoxy) is 2. The fourth-order valence-corrected chi connectivity index (χ4v) is 3.35. The Balaban J connectivity index is 2.09. The SMILES string of the molecule is C=Cc1c(CCOC(N)=O)cc(F)c(C(=O)c2cccc3c(OCC)nccc23)c1F. The highest BCUT2D eigenvalue weighted by Crippen LogP contribution is 2.30. The molecule has 0 saturated heterocycles. The second-order valence-electron chi connectivity index (χ2n) is 6.52. The predicted octanol–water partition coefficient (Wildman–Crippen LogP) is 4.42. The number of nitrogens with zero attached hydrogens (tertiary/aromatic N) is 1. The van der Waals surface area contributed by atoms with Gasteiger partial charge in [-0.15, -0.1) is 0 Å². The van der Waals surface area contributed by atoms with Gasteiger partial charge >= 0.3 is 6.09 Å². The number of hydrogen-bond donors (Lipinski definition) is 1. The van der Waals surface area contributed by atoms with Crippen molar-refractivity contribution in [3.05, 3.63) is 77.0 Å². The molecule has 3 rings (SSSR count). The zero-order valence-corrected chi connectivity index (χ0v) is 16.8. The molecule has 3 aromatic rings. The van der Waals surface area contributed by atoms with Crippen molar-refractivity contribution in [1.29, 1.82) is 0 Å². The number of hydrogen-bond acceptors (Lipinski definition) is 5. The van der Waals surface area contributed by atoms with Gasteiger partial charge in [-0.2, -0.15) is 0 Å². The third kappa shape index (κ3) is 4.37. The predicted molar refractivity (Wildman–Crippen MR) is 112 cm³/mol. The van der Waals surface area contributed by atoms with Crippen molar-refractivity contribution in [1.82, 2.24) is 4.98 Å². The molecule has 0 fully saturated rings. The van der Waals surface area contributed by atoms with E-state index in [-0.39, 0.29) is 29.7 Å². The van der Waals surface area contributed by atoms with E-state index in [1.165, 1.54) is 18.3 Å². The van der Waals surface area contributed by atoms with Crippen LogP contribution in [-0.4, -0.2) is 30.1 Å². The molecule has 160 valence electrons. The number of fused-ring (bicyclic) bond motifs is 1. The molecule has 1 aromatic heterocycles. The lowest BCUT2D eigenvalue weighted by Gasteiger charge is -2.14. The van der Waals surface area contributed by atoms with Crippen LogP contribution >= 0.6 is 0 Å². The highest BCUT2D eigenvalue weighted by atomic mass is 19.1. The van der Waals surface area contributed by atoms with E-state index in [1.807, 2.05) is 0 Å². The number of primary amides is 1. The van der Waals surface area contributed by atoms with Gasteiger partial charge in [0.05, 0.1) is 18.8 Å². The summed E-state index contributed by atoms with van der Waals surface area (Å²) in [6.07, 6.45) is 1.66. The molecule has 1 heterocycles. The third-order valence-electron chi connectivity index (χ3n) is 4.68. The van der Waals surface area contributed by atoms with Crippen molar-refractivity contribution in [3.63, 3.8) is 0 Å². The lowest BCUT2D eigenvalue weighted by atomic mass is 9.93. The van der Waals surface area contributed by atoms with Gasteiger partial charge in [0.1, 0.15) is 11.6 Å². The van der Waals surface area contributed by atoms with E-state index in [1.54, 1.807) is 25.1 Å². The maximum absolute atomic E-state index is 15.2. The van der Waals surface area contributed by atoms with E-state index < -0.39 is 29.1 Å². The fraction of sp³-hybridized carbons (Fsp3) is 0.174. The minimum Gasteiger partial charge on any atom is -0.478 e. The Labute approximate surface area is 177 Å². The van der Waals surface area contributed by atoms with Crippen molar-refractivity contribution in [2.75, 3.05) is 13.2 Å². The number of pyridine rings is 1. The number of benzene rings is 2. The summed E-state index contributed by atoms with van der Waals surface area (Å²) in [5.74, 6) is -2.56. The lowest BCUT2D eigenvalue weighted by Crippen LogP contribution is -2.16. The van der Waals surface area contributed by atoms with Crippen LogP contribution in [0.25, 0.3) is 16.8 Å². The highest BCUT2D eigenvalue weighted by molar-refractivity contribution is 6.17. The van der Waals surface area contributed by atoms with Gasteiger partial charge in [0.25, 0.3) is 0 Å². The van der Waals surface area contributed by atoms with Gasteiger partial charge in [0.15, 0.2) is 5.78 Å². The largest absolute Gasteiger partial charge is 0.478 e. The molecule has 6 nitrogen and oxygen atoms in total. The van der Waals surface area contributed by atoms with Gasteiger partial charge in [-0.25, -0.2) is 18.6 Å². The van der Waals surface area contributed by atoms with Gasteiger partial charge in [-0.1, -0.05) is 24.8 Å². The van der Waals surface area contributed by atoms with E-state index >= 15 is 4.39 Å². The summed E-state index contributed by atoms with van der Waals surface area (Å²) in [5, 5.41) is 1.02. The summed E-state index contributed by atoms with van der Waals surface area (Å²) in [4.78, 5) is 28.1. The maximum Gasteiger partial charge on any atom is 0.404 e. The van der Waals surface area contributed by atoms with Crippen molar-refractivity contribution >= 4 is 28.7 Å². The summed E-state index contributed by atoms with van der Waals surface area (Å²) in [7, 11) is 0. The monoisotopic (exact) mass is 426 g/mol. The molecular formula is C23H20F2N2O4. The van der Waals surface area contributed by atoms with Gasteiger partial charge < -0.3 is 15.2 Å². The van der Waals surface area contributed by atoms with E-state index in [4.69, 9.17) is 10.5 Å². The highest BCUT2D eigenvalue weighted by Gasteiger charge is 2.25.